The number of carbonyl (C=O) groups excluding carboxylic acids is 2. The zero-order chi connectivity index (χ0) is 13.8. The summed E-state index contributed by atoms with van der Waals surface area (Å²) >= 11 is 4.78. The Balaban J connectivity index is 1.89. The third-order valence-corrected chi connectivity index (χ3v) is 4.58. The highest BCUT2D eigenvalue weighted by molar-refractivity contribution is 9.11. The average Bonchev–Trinajstić information content (AvgIpc) is 2.85. The van der Waals surface area contributed by atoms with E-state index in [4.69, 9.17) is 4.74 Å². The summed E-state index contributed by atoms with van der Waals surface area (Å²) in [6.07, 6.45) is 0. The van der Waals surface area contributed by atoms with E-state index in [1.807, 2.05) is 12.1 Å². The number of methoxy groups -OCH3 is 1. The van der Waals surface area contributed by atoms with Crippen molar-refractivity contribution in [2.24, 2.45) is 0 Å². The Hall–Kier alpha value is -0.920. The van der Waals surface area contributed by atoms with Crippen LogP contribution in [0.25, 0.3) is 0 Å². The molecule has 0 N–H and O–H groups in total. The lowest BCUT2D eigenvalue weighted by atomic mass is 10.3. The molecule has 5 nitrogen and oxygen atoms in total. The monoisotopic (exact) mass is 346 g/mol. The molecule has 0 radical (unpaired) electrons. The summed E-state index contributed by atoms with van der Waals surface area (Å²) in [6, 6.07) is 3.69. The van der Waals surface area contributed by atoms with E-state index < -0.39 is 0 Å². The van der Waals surface area contributed by atoms with E-state index in [-0.39, 0.29) is 18.4 Å². The number of rotatable bonds is 3. The van der Waals surface area contributed by atoms with Gasteiger partial charge in [0.1, 0.15) is 6.61 Å². The number of hydrogen-bond donors (Lipinski definition) is 0. The van der Waals surface area contributed by atoms with Crippen molar-refractivity contribution in [2.45, 2.75) is 0 Å². The quantitative estimate of drug-likeness (QED) is 0.832. The topological polar surface area (TPSA) is 49.9 Å². The van der Waals surface area contributed by atoms with Crippen LogP contribution in [-0.4, -0.2) is 61.5 Å². The zero-order valence-corrected chi connectivity index (χ0v) is 13.0. The van der Waals surface area contributed by atoms with Gasteiger partial charge in [0.05, 0.1) is 8.66 Å². The van der Waals surface area contributed by atoms with Crippen molar-refractivity contribution in [3.05, 3.63) is 20.8 Å². The fourth-order valence-electron chi connectivity index (χ4n) is 1.96. The fraction of sp³-hybridized carbons (Fsp3) is 0.500. The Morgan fingerprint density at radius 1 is 1.26 bits per heavy atom. The van der Waals surface area contributed by atoms with Crippen LogP contribution in [0.5, 0.6) is 0 Å². The normalized spacial score (nSPS) is 15.7. The Kier molecular flexibility index (Phi) is 4.95. The molecule has 1 aliphatic rings. The van der Waals surface area contributed by atoms with Crippen molar-refractivity contribution < 1.29 is 14.3 Å². The first-order valence-electron chi connectivity index (χ1n) is 5.93. The molecule has 0 aromatic carbocycles. The average molecular weight is 347 g/mol. The molecular weight excluding hydrogens is 332 g/mol. The summed E-state index contributed by atoms with van der Waals surface area (Å²) in [5.74, 6) is 0.0167. The van der Waals surface area contributed by atoms with Crippen LogP contribution in [0.2, 0.25) is 0 Å². The predicted molar refractivity (Wildman–Crippen MR) is 76.4 cm³/mol. The van der Waals surface area contributed by atoms with Crippen LogP contribution < -0.4 is 0 Å². The van der Waals surface area contributed by atoms with Crippen molar-refractivity contribution in [1.29, 1.82) is 0 Å². The Labute approximate surface area is 124 Å². The number of carbonyl (C=O) groups is 2. The first-order chi connectivity index (χ1) is 9.11. The fourth-order valence-corrected chi connectivity index (χ4v) is 3.31. The number of halogens is 1. The molecular formula is C12H15BrN2O3S. The van der Waals surface area contributed by atoms with Gasteiger partial charge in [-0.3, -0.25) is 9.59 Å². The van der Waals surface area contributed by atoms with Crippen LogP contribution in [0.15, 0.2) is 15.9 Å². The van der Waals surface area contributed by atoms with Crippen LogP contribution in [0.3, 0.4) is 0 Å². The minimum Gasteiger partial charge on any atom is -0.375 e. The number of hydrogen-bond acceptors (Lipinski definition) is 4. The molecule has 2 amide bonds. The number of amides is 2. The van der Waals surface area contributed by atoms with E-state index in [2.05, 4.69) is 15.9 Å². The molecule has 7 heteroatoms. The lowest BCUT2D eigenvalue weighted by Crippen LogP contribution is -2.51. The number of ether oxygens (including phenoxy) is 1. The van der Waals surface area contributed by atoms with Crippen LogP contribution in [0.1, 0.15) is 9.67 Å². The second kappa shape index (κ2) is 6.49. The maximum absolute atomic E-state index is 12.2. The van der Waals surface area contributed by atoms with Crippen LogP contribution >= 0.6 is 27.3 Å². The zero-order valence-electron chi connectivity index (χ0n) is 10.6. The van der Waals surface area contributed by atoms with Gasteiger partial charge in [0.2, 0.25) is 5.91 Å². The van der Waals surface area contributed by atoms with Gasteiger partial charge in [0.15, 0.2) is 0 Å². The van der Waals surface area contributed by atoms with Crippen molar-refractivity contribution in [1.82, 2.24) is 9.80 Å². The maximum atomic E-state index is 12.2. The molecule has 0 unspecified atom stereocenters. The SMILES string of the molecule is COCC(=O)N1CCN(C(=O)c2ccc(Br)s2)CC1. The van der Waals surface area contributed by atoms with Gasteiger partial charge in [-0.25, -0.2) is 0 Å². The second-order valence-electron chi connectivity index (χ2n) is 4.21. The van der Waals surface area contributed by atoms with E-state index in [0.717, 1.165) is 8.66 Å². The highest BCUT2D eigenvalue weighted by Crippen LogP contribution is 2.23. The maximum Gasteiger partial charge on any atom is 0.264 e. The van der Waals surface area contributed by atoms with Gasteiger partial charge in [0.25, 0.3) is 5.91 Å². The number of thiophene rings is 1. The molecule has 2 heterocycles. The first kappa shape index (κ1) is 14.5. The largest absolute Gasteiger partial charge is 0.375 e. The van der Waals surface area contributed by atoms with Crippen molar-refractivity contribution in [2.75, 3.05) is 39.9 Å². The molecule has 0 spiro atoms. The highest BCUT2D eigenvalue weighted by Gasteiger charge is 2.25. The molecule has 104 valence electrons. The molecule has 1 aliphatic heterocycles. The van der Waals surface area contributed by atoms with Crippen molar-refractivity contribution >= 4 is 39.1 Å². The van der Waals surface area contributed by atoms with E-state index in [1.165, 1.54) is 18.4 Å². The van der Waals surface area contributed by atoms with Gasteiger partial charge in [-0.05, 0) is 28.1 Å². The van der Waals surface area contributed by atoms with Crippen molar-refractivity contribution in [3.8, 4) is 0 Å². The lowest BCUT2D eigenvalue weighted by molar-refractivity contribution is -0.136. The predicted octanol–water partition coefficient (Wildman–Crippen LogP) is 1.44. The molecule has 0 saturated carbocycles. The minimum atomic E-state index is -0.0199. The molecule has 1 aromatic heterocycles. The van der Waals surface area contributed by atoms with E-state index in [9.17, 15) is 9.59 Å². The van der Waals surface area contributed by atoms with Crippen LogP contribution in [0, 0.1) is 0 Å². The lowest BCUT2D eigenvalue weighted by Gasteiger charge is -2.34. The summed E-state index contributed by atoms with van der Waals surface area (Å²) < 4.78 is 5.78. The van der Waals surface area contributed by atoms with Gasteiger partial charge in [-0.15, -0.1) is 11.3 Å². The van der Waals surface area contributed by atoms with E-state index in [1.54, 1.807) is 9.80 Å². The molecule has 1 aromatic rings. The molecule has 0 bridgehead atoms. The Bertz CT molecular complexity index is 469. The van der Waals surface area contributed by atoms with Crippen LogP contribution in [0.4, 0.5) is 0 Å². The van der Waals surface area contributed by atoms with Gasteiger partial charge in [0, 0.05) is 33.3 Å². The van der Waals surface area contributed by atoms with Gasteiger partial charge in [-0.1, -0.05) is 0 Å². The highest BCUT2D eigenvalue weighted by atomic mass is 79.9. The Morgan fingerprint density at radius 3 is 2.42 bits per heavy atom. The third kappa shape index (κ3) is 3.55. The van der Waals surface area contributed by atoms with Gasteiger partial charge >= 0.3 is 0 Å². The summed E-state index contributed by atoms with van der Waals surface area (Å²) in [6.45, 7) is 2.39. The van der Waals surface area contributed by atoms with Gasteiger partial charge in [-0.2, -0.15) is 0 Å². The van der Waals surface area contributed by atoms with Crippen molar-refractivity contribution in [3.63, 3.8) is 0 Å². The molecule has 0 aliphatic carbocycles. The standard InChI is InChI=1S/C12H15BrN2O3S/c1-18-8-11(16)14-4-6-15(7-5-14)12(17)9-2-3-10(13)19-9/h2-3H,4-8H2,1H3. The molecule has 1 saturated heterocycles. The Morgan fingerprint density at radius 2 is 1.89 bits per heavy atom. The second-order valence-corrected chi connectivity index (χ2v) is 6.67. The smallest absolute Gasteiger partial charge is 0.264 e. The summed E-state index contributed by atoms with van der Waals surface area (Å²) in [5, 5.41) is 0. The molecule has 1 fully saturated rings. The molecule has 0 atom stereocenters. The molecule has 19 heavy (non-hydrogen) atoms. The van der Waals surface area contributed by atoms with E-state index >= 15 is 0 Å². The minimum absolute atomic E-state index is 0.0199. The van der Waals surface area contributed by atoms with E-state index in [0.29, 0.717) is 26.2 Å². The summed E-state index contributed by atoms with van der Waals surface area (Å²) in [5.41, 5.74) is 0. The number of piperazine rings is 1. The summed E-state index contributed by atoms with van der Waals surface area (Å²) in [4.78, 5) is 28.1. The van der Waals surface area contributed by atoms with Crippen LogP contribution in [-0.2, 0) is 9.53 Å². The molecule has 2 rings (SSSR count). The number of nitrogens with zero attached hydrogens (tertiary/aromatic N) is 2. The third-order valence-electron chi connectivity index (χ3n) is 2.97. The first-order valence-corrected chi connectivity index (χ1v) is 7.54. The summed E-state index contributed by atoms with van der Waals surface area (Å²) in [7, 11) is 1.51. The van der Waals surface area contributed by atoms with Gasteiger partial charge < -0.3 is 14.5 Å².